The van der Waals surface area contributed by atoms with E-state index in [1.54, 1.807) is 18.2 Å². The van der Waals surface area contributed by atoms with Crippen LogP contribution in [0.3, 0.4) is 0 Å². The van der Waals surface area contributed by atoms with Gasteiger partial charge in [0.2, 0.25) is 0 Å². The lowest BCUT2D eigenvalue weighted by Gasteiger charge is -2.06. The first-order valence-electron chi connectivity index (χ1n) is 4.74. The minimum atomic E-state index is -0.424. The van der Waals surface area contributed by atoms with Crippen molar-refractivity contribution in [1.29, 1.82) is 0 Å². The topological polar surface area (TPSA) is 52.4 Å². The number of hydrogen-bond donors (Lipinski definition) is 0. The zero-order valence-corrected chi connectivity index (χ0v) is 9.57. The standard InChI is InChI=1S/C10H10BrNO3/c11-8-2-1-3-9(10(8)12(13)14)15-6-7-4-5-7/h1-3,7H,4-6H2. The molecule has 4 nitrogen and oxygen atoms in total. The van der Waals surface area contributed by atoms with Gasteiger partial charge in [0, 0.05) is 0 Å². The normalized spacial score (nSPS) is 15.0. The average molecular weight is 272 g/mol. The van der Waals surface area contributed by atoms with Gasteiger partial charge in [0.15, 0.2) is 5.75 Å². The van der Waals surface area contributed by atoms with Crippen molar-refractivity contribution in [2.45, 2.75) is 12.8 Å². The number of nitro benzene ring substituents is 1. The number of nitro groups is 1. The van der Waals surface area contributed by atoms with Crippen LogP contribution in [-0.2, 0) is 0 Å². The van der Waals surface area contributed by atoms with E-state index in [4.69, 9.17) is 4.74 Å². The second kappa shape index (κ2) is 4.18. The molecule has 0 bridgehead atoms. The second-order valence-electron chi connectivity index (χ2n) is 3.60. The lowest BCUT2D eigenvalue weighted by molar-refractivity contribution is -0.386. The van der Waals surface area contributed by atoms with Crippen LogP contribution < -0.4 is 4.74 Å². The summed E-state index contributed by atoms with van der Waals surface area (Å²) in [6.45, 7) is 0.581. The van der Waals surface area contributed by atoms with Crippen molar-refractivity contribution in [3.63, 3.8) is 0 Å². The first-order valence-corrected chi connectivity index (χ1v) is 5.53. The summed E-state index contributed by atoms with van der Waals surface area (Å²) in [7, 11) is 0. The van der Waals surface area contributed by atoms with E-state index in [9.17, 15) is 10.1 Å². The van der Waals surface area contributed by atoms with Crippen LogP contribution in [0.2, 0.25) is 0 Å². The maximum Gasteiger partial charge on any atom is 0.324 e. The summed E-state index contributed by atoms with van der Waals surface area (Å²) < 4.78 is 5.89. The van der Waals surface area contributed by atoms with Gasteiger partial charge in [-0.1, -0.05) is 6.07 Å². The molecular weight excluding hydrogens is 262 g/mol. The molecule has 2 rings (SSSR count). The zero-order valence-electron chi connectivity index (χ0n) is 7.98. The first-order chi connectivity index (χ1) is 7.18. The Kier molecular flexibility index (Phi) is 2.90. The highest BCUT2D eigenvalue weighted by Crippen LogP contribution is 2.36. The van der Waals surface area contributed by atoms with E-state index in [0.717, 1.165) is 0 Å². The molecule has 0 aromatic heterocycles. The van der Waals surface area contributed by atoms with E-state index in [2.05, 4.69) is 15.9 Å². The zero-order chi connectivity index (χ0) is 10.8. The Labute approximate surface area is 95.5 Å². The van der Waals surface area contributed by atoms with Crippen LogP contribution in [0.15, 0.2) is 22.7 Å². The third kappa shape index (κ3) is 2.47. The average Bonchev–Trinajstić information content (AvgIpc) is 2.97. The molecule has 0 saturated heterocycles. The fourth-order valence-corrected chi connectivity index (χ4v) is 1.77. The van der Waals surface area contributed by atoms with Gasteiger partial charge >= 0.3 is 5.69 Å². The number of ether oxygens (including phenoxy) is 1. The fraction of sp³-hybridized carbons (Fsp3) is 0.400. The molecule has 1 aliphatic carbocycles. The van der Waals surface area contributed by atoms with Crippen molar-refractivity contribution >= 4 is 21.6 Å². The highest BCUT2D eigenvalue weighted by Gasteiger charge is 2.25. The largest absolute Gasteiger partial charge is 0.486 e. The van der Waals surface area contributed by atoms with Gasteiger partial charge in [0.1, 0.15) is 0 Å². The van der Waals surface area contributed by atoms with Crippen molar-refractivity contribution in [1.82, 2.24) is 0 Å². The molecule has 0 aliphatic heterocycles. The molecule has 1 aliphatic rings. The molecule has 0 unspecified atom stereocenters. The quantitative estimate of drug-likeness (QED) is 0.625. The van der Waals surface area contributed by atoms with E-state index in [0.29, 0.717) is 22.7 Å². The monoisotopic (exact) mass is 271 g/mol. The van der Waals surface area contributed by atoms with Crippen molar-refractivity contribution in [3.8, 4) is 5.75 Å². The van der Waals surface area contributed by atoms with E-state index < -0.39 is 4.92 Å². The van der Waals surface area contributed by atoms with Crippen LogP contribution in [0.5, 0.6) is 5.75 Å². The predicted octanol–water partition coefficient (Wildman–Crippen LogP) is 3.15. The molecule has 5 heteroatoms. The third-order valence-corrected chi connectivity index (χ3v) is 2.94. The van der Waals surface area contributed by atoms with Crippen LogP contribution in [-0.4, -0.2) is 11.5 Å². The van der Waals surface area contributed by atoms with E-state index >= 15 is 0 Å². The van der Waals surface area contributed by atoms with Crippen LogP contribution in [0.25, 0.3) is 0 Å². The summed E-state index contributed by atoms with van der Waals surface area (Å²) in [5.41, 5.74) is 0.0122. The van der Waals surface area contributed by atoms with Gasteiger partial charge in [-0.25, -0.2) is 0 Å². The summed E-state index contributed by atoms with van der Waals surface area (Å²) in [5, 5.41) is 10.8. The summed E-state index contributed by atoms with van der Waals surface area (Å²) in [6.07, 6.45) is 2.34. The number of benzene rings is 1. The van der Waals surface area contributed by atoms with Gasteiger partial charge in [-0.15, -0.1) is 0 Å². The summed E-state index contributed by atoms with van der Waals surface area (Å²) in [5.74, 6) is 0.935. The maximum absolute atomic E-state index is 10.8. The minimum Gasteiger partial charge on any atom is -0.486 e. The molecule has 0 heterocycles. The molecule has 0 amide bonds. The van der Waals surface area contributed by atoms with Crippen LogP contribution in [0, 0.1) is 16.0 Å². The second-order valence-corrected chi connectivity index (χ2v) is 4.45. The maximum atomic E-state index is 10.8. The van der Waals surface area contributed by atoms with Gasteiger partial charge in [0.05, 0.1) is 16.0 Å². The van der Waals surface area contributed by atoms with Crippen LogP contribution in [0.4, 0.5) is 5.69 Å². The molecule has 0 radical (unpaired) electrons. The summed E-state index contributed by atoms with van der Waals surface area (Å²) in [4.78, 5) is 10.4. The lowest BCUT2D eigenvalue weighted by atomic mass is 10.3. The molecular formula is C10H10BrNO3. The van der Waals surface area contributed by atoms with Crippen molar-refractivity contribution in [3.05, 3.63) is 32.8 Å². The predicted molar refractivity (Wildman–Crippen MR) is 59.0 cm³/mol. The highest BCUT2D eigenvalue weighted by atomic mass is 79.9. The molecule has 80 valence electrons. The van der Waals surface area contributed by atoms with Crippen molar-refractivity contribution in [2.24, 2.45) is 5.92 Å². The molecule has 1 aromatic rings. The Hall–Kier alpha value is -1.10. The molecule has 1 fully saturated rings. The Balaban J connectivity index is 2.19. The first kappa shape index (κ1) is 10.4. The Morgan fingerprint density at radius 3 is 2.87 bits per heavy atom. The van der Waals surface area contributed by atoms with Crippen LogP contribution in [0.1, 0.15) is 12.8 Å². The van der Waals surface area contributed by atoms with Crippen molar-refractivity contribution < 1.29 is 9.66 Å². The van der Waals surface area contributed by atoms with Crippen molar-refractivity contribution in [2.75, 3.05) is 6.61 Å². The molecule has 0 N–H and O–H groups in total. The Bertz CT molecular complexity index is 390. The highest BCUT2D eigenvalue weighted by molar-refractivity contribution is 9.10. The Morgan fingerprint density at radius 1 is 1.53 bits per heavy atom. The van der Waals surface area contributed by atoms with E-state index in [-0.39, 0.29) is 5.69 Å². The number of rotatable bonds is 4. The van der Waals surface area contributed by atoms with Gasteiger partial charge in [0.25, 0.3) is 0 Å². The molecule has 0 atom stereocenters. The number of para-hydroxylation sites is 1. The summed E-state index contributed by atoms with van der Waals surface area (Å²) in [6, 6.07) is 5.01. The molecule has 1 saturated carbocycles. The molecule has 0 spiro atoms. The number of nitrogens with zero attached hydrogens (tertiary/aromatic N) is 1. The number of hydrogen-bond acceptors (Lipinski definition) is 3. The third-order valence-electron chi connectivity index (χ3n) is 2.30. The van der Waals surface area contributed by atoms with Crippen LogP contribution >= 0.6 is 15.9 Å². The number of halogens is 1. The molecule has 15 heavy (non-hydrogen) atoms. The lowest BCUT2D eigenvalue weighted by Crippen LogP contribution is -2.02. The van der Waals surface area contributed by atoms with Gasteiger partial charge in [-0.2, -0.15) is 0 Å². The smallest absolute Gasteiger partial charge is 0.324 e. The van der Waals surface area contributed by atoms with E-state index in [1.807, 2.05) is 0 Å². The van der Waals surface area contributed by atoms with Gasteiger partial charge in [-0.05, 0) is 46.8 Å². The van der Waals surface area contributed by atoms with Gasteiger partial charge in [-0.3, -0.25) is 10.1 Å². The molecule has 1 aromatic carbocycles. The van der Waals surface area contributed by atoms with Gasteiger partial charge < -0.3 is 4.74 Å². The fourth-order valence-electron chi connectivity index (χ4n) is 1.28. The summed E-state index contributed by atoms with van der Waals surface area (Å²) >= 11 is 3.15. The Morgan fingerprint density at radius 2 is 2.27 bits per heavy atom. The van der Waals surface area contributed by atoms with E-state index in [1.165, 1.54) is 12.8 Å². The minimum absolute atomic E-state index is 0.0122. The SMILES string of the molecule is O=[N+]([O-])c1c(Br)cccc1OCC1CC1.